The van der Waals surface area contributed by atoms with Crippen molar-refractivity contribution in [1.82, 2.24) is 10.2 Å². The lowest BCUT2D eigenvalue weighted by Gasteiger charge is -2.28. The number of rotatable bonds is 4. The minimum absolute atomic E-state index is 0.00428. The van der Waals surface area contributed by atoms with Gasteiger partial charge in [-0.05, 0) is 30.2 Å². The Morgan fingerprint density at radius 2 is 1.72 bits per heavy atom. The summed E-state index contributed by atoms with van der Waals surface area (Å²) in [6, 6.07) is 15.8. The van der Waals surface area contributed by atoms with Crippen molar-refractivity contribution in [3.63, 3.8) is 0 Å². The monoisotopic (exact) mass is 356 g/mol. The van der Waals surface area contributed by atoms with E-state index >= 15 is 0 Å². The summed E-state index contributed by atoms with van der Waals surface area (Å²) in [5, 5.41) is 3.42. The third-order valence-electron chi connectivity index (χ3n) is 4.52. The van der Waals surface area contributed by atoms with Gasteiger partial charge in [0.1, 0.15) is 0 Å². The molecule has 130 valence electrons. The zero-order valence-corrected chi connectivity index (χ0v) is 14.9. The average molecular weight is 357 g/mol. The van der Waals surface area contributed by atoms with Crippen molar-refractivity contribution in [1.29, 1.82) is 0 Å². The van der Waals surface area contributed by atoms with Crippen LogP contribution in [0.15, 0.2) is 48.5 Å². The van der Waals surface area contributed by atoms with Crippen LogP contribution < -0.4 is 5.32 Å². The molecular formula is C20H21ClN2O2. The Balaban J connectivity index is 1.85. The molecular weight excluding hydrogens is 336 g/mol. The molecule has 2 amide bonds. The maximum absolute atomic E-state index is 12.8. The summed E-state index contributed by atoms with van der Waals surface area (Å²) in [6.45, 7) is 3.26. The smallest absolute Gasteiger partial charge is 0.239 e. The van der Waals surface area contributed by atoms with Crippen molar-refractivity contribution in [2.24, 2.45) is 0 Å². The molecule has 5 heteroatoms. The summed E-state index contributed by atoms with van der Waals surface area (Å²) < 4.78 is 0. The summed E-state index contributed by atoms with van der Waals surface area (Å²) in [5.74, 6) is -0.163. The maximum Gasteiger partial charge on any atom is 0.239 e. The molecule has 0 aromatic heterocycles. The SMILES string of the molecule is Cc1ccc(C(CC(=O)N2CCNC(=O)C2)c2ccc(Cl)cc2)cc1. The van der Waals surface area contributed by atoms with E-state index in [2.05, 4.69) is 29.6 Å². The van der Waals surface area contributed by atoms with E-state index in [9.17, 15) is 9.59 Å². The van der Waals surface area contributed by atoms with Gasteiger partial charge in [-0.25, -0.2) is 0 Å². The van der Waals surface area contributed by atoms with Crippen molar-refractivity contribution in [2.75, 3.05) is 19.6 Å². The minimum Gasteiger partial charge on any atom is -0.353 e. The number of amides is 2. The molecule has 0 aliphatic carbocycles. The molecule has 1 aliphatic rings. The number of nitrogens with zero attached hydrogens (tertiary/aromatic N) is 1. The van der Waals surface area contributed by atoms with E-state index in [0.717, 1.165) is 11.1 Å². The third-order valence-corrected chi connectivity index (χ3v) is 4.77. The summed E-state index contributed by atoms with van der Waals surface area (Å²) in [5.41, 5.74) is 3.31. The number of carbonyl (C=O) groups is 2. The molecule has 1 unspecified atom stereocenters. The van der Waals surface area contributed by atoms with Gasteiger partial charge in [-0.1, -0.05) is 53.6 Å². The van der Waals surface area contributed by atoms with Crippen LogP contribution in [0.25, 0.3) is 0 Å². The molecule has 1 fully saturated rings. The number of nitrogens with one attached hydrogen (secondary N) is 1. The van der Waals surface area contributed by atoms with Crippen LogP contribution in [0, 0.1) is 6.92 Å². The summed E-state index contributed by atoms with van der Waals surface area (Å²) in [6.07, 6.45) is 0.331. The van der Waals surface area contributed by atoms with Gasteiger partial charge in [0.2, 0.25) is 11.8 Å². The van der Waals surface area contributed by atoms with Crippen molar-refractivity contribution < 1.29 is 9.59 Å². The summed E-state index contributed by atoms with van der Waals surface area (Å²) in [4.78, 5) is 25.9. The van der Waals surface area contributed by atoms with Crippen molar-refractivity contribution in [3.8, 4) is 0 Å². The van der Waals surface area contributed by atoms with Crippen LogP contribution in [-0.4, -0.2) is 36.3 Å². The van der Waals surface area contributed by atoms with Crippen LogP contribution in [-0.2, 0) is 9.59 Å². The largest absolute Gasteiger partial charge is 0.353 e. The van der Waals surface area contributed by atoms with Gasteiger partial charge in [0.05, 0.1) is 6.54 Å². The fourth-order valence-corrected chi connectivity index (χ4v) is 3.20. The van der Waals surface area contributed by atoms with Crippen LogP contribution in [0.5, 0.6) is 0 Å². The van der Waals surface area contributed by atoms with Gasteiger partial charge in [-0.3, -0.25) is 9.59 Å². The number of benzene rings is 2. The van der Waals surface area contributed by atoms with Crippen LogP contribution in [0.4, 0.5) is 0 Å². The van der Waals surface area contributed by atoms with E-state index in [0.29, 0.717) is 24.5 Å². The quantitative estimate of drug-likeness (QED) is 0.915. The topological polar surface area (TPSA) is 49.4 Å². The molecule has 4 nitrogen and oxygen atoms in total. The van der Waals surface area contributed by atoms with Crippen LogP contribution in [0.2, 0.25) is 5.02 Å². The van der Waals surface area contributed by atoms with Gasteiger partial charge >= 0.3 is 0 Å². The van der Waals surface area contributed by atoms with Gasteiger partial charge in [0, 0.05) is 30.5 Å². The van der Waals surface area contributed by atoms with Crippen LogP contribution in [0.1, 0.15) is 29.0 Å². The normalized spacial score (nSPS) is 15.6. The Morgan fingerprint density at radius 3 is 2.32 bits per heavy atom. The Bertz CT molecular complexity index is 711. The molecule has 25 heavy (non-hydrogen) atoms. The zero-order valence-electron chi connectivity index (χ0n) is 14.2. The van der Waals surface area contributed by atoms with E-state index in [-0.39, 0.29) is 24.3 Å². The minimum atomic E-state index is -0.0991. The summed E-state index contributed by atoms with van der Waals surface area (Å²) >= 11 is 6.01. The number of aryl methyl sites for hydroxylation is 1. The highest BCUT2D eigenvalue weighted by Gasteiger charge is 2.25. The highest BCUT2D eigenvalue weighted by atomic mass is 35.5. The number of hydrogen-bond donors (Lipinski definition) is 1. The lowest BCUT2D eigenvalue weighted by molar-refractivity contribution is -0.138. The van der Waals surface area contributed by atoms with Crippen molar-refractivity contribution in [2.45, 2.75) is 19.3 Å². The molecule has 0 bridgehead atoms. The summed E-state index contributed by atoms with van der Waals surface area (Å²) in [7, 11) is 0. The maximum atomic E-state index is 12.8. The molecule has 2 aromatic carbocycles. The van der Waals surface area contributed by atoms with E-state index in [1.165, 1.54) is 5.56 Å². The van der Waals surface area contributed by atoms with Gasteiger partial charge in [-0.15, -0.1) is 0 Å². The molecule has 1 N–H and O–H groups in total. The Hall–Kier alpha value is -2.33. The number of hydrogen-bond acceptors (Lipinski definition) is 2. The molecule has 0 spiro atoms. The van der Waals surface area contributed by atoms with Gasteiger partial charge < -0.3 is 10.2 Å². The zero-order chi connectivity index (χ0) is 17.8. The molecule has 3 rings (SSSR count). The highest BCUT2D eigenvalue weighted by molar-refractivity contribution is 6.30. The average Bonchev–Trinajstić information content (AvgIpc) is 2.61. The van der Waals surface area contributed by atoms with Crippen LogP contribution >= 0.6 is 11.6 Å². The Labute approximate surface area is 152 Å². The highest BCUT2D eigenvalue weighted by Crippen LogP contribution is 2.30. The lowest BCUT2D eigenvalue weighted by Crippen LogP contribution is -2.50. The third kappa shape index (κ3) is 4.40. The van der Waals surface area contributed by atoms with Gasteiger partial charge in [0.15, 0.2) is 0 Å². The van der Waals surface area contributed by atoms with Gasteiger partial charge in [0.25, 0.3) is 0 Å². The molecule has 1 aliphatic heterocycles. The molecule has 1 heterocycles. The molecule has 2 aromatic rings. The standard InChI is InChI=1S/C20H21ClN2O2/c1-14-2-4-15(5-3-14)18(16-6-8-17(21)9-7-16)12-20(25)23-11-10-22-19(24)13-23/h2-9,18H,10-13H2,1H3,(H,22,24). The first kappa shape index (κ1) is 17.5. The molecule has 1 saturated heterocycles. The van der Waals surface area contributed by atoms with E-state index in [1.807, 2.05) is 31.2 Å². The lowest BCUT2D eigenvalue weighted by atomic mass is 9.87. The van der Waals surface area contributed by atoms with Crippen LogP contribution in [0.3, 0.4) is 0 Å². The first-order chi connectivity index (χ1) is 12.0. The Kier molecular flexibility index (Phi) is 5.39. The van der Waals surface area contributed by atoms with Crippen molar-refractivity contribution in [3.05, 3.63) is 70.2 Å². The number of halogens is 1. The molecule has 0 saturated carbocycles. The fourth-order valence-electron chi connectivity index (χ4n) is 3.08. The molecule has 1 atom stereocenters. The van der Waals surface area contributed by atoms with E-state index in [1.54, 1.807) is 4.90 Å². The number of piperazine rings is 1. The van der Waals surface area contributed by atoms with Gasteiger partial charge in [-0.2, -0.15) is 0 Å². The first-order valence-corrected chi connectivity index (χ1v) is 8.77. The predicted molar refractivity (Wildman–Crippen MR) is 98.7 cm³/mol. The fraction of sp³-hybridized carbons (Fsp3) is 0.300. The second kappa shape index (κ2) is 7.70. The van der Waals surface area contributed by atoms with Crippen molar-refractivity contribution >= 4 is 23.4 Å². The predicted octanol–water partition coefficient (Wildman–Crippen LogP) is 3.13. The second-order valence-corrected chi connectivity index (χ2v) is 6.82. The first-order valence-electron chi connectivity index (χ1n) is 8.39. The second-order valence-electron chi connectivity index (χ2n) is 6.38. The molecule has 0 radical (unpaired) electrons. The Morgan fingerprint density at radius 1 is 1.12 bits per heavy atom. The van der Waals surface area contributed by atoms with E-state index in [4.69, 9.17) is 11.6 Å². The van der Waals surface area contributed by atoms with E-state index < -0.39 is 0 Å². The number of carbonyl (C=O) groups excluding carboxylic acids is 2.